The number of pyridine rings is 1. The van der Waals surface area contributed by atoms with Crippen molar-refractivity contribution in [2.45, 2.75) is 13.8 Å². The van der Waals surface area contributed by atoms with Crippen LogP contribution in [0, 0.1) is 13.8 Å². The van der Waals surface area contributed by atoms with E-state index in [2.05, 4.69) is 37.0 Å². The Bertz CT molecular complexity index is 708. The Morgan fingerprint density at radius 2 is 1.72 bits per heavy atom. The monoisotopic (exact) mass is 256 g/mol. The summed E-state index contributed by atoms with van der Waals surface area (Å²) < 4.78 is 1.95. The van der Waals surface area contributed by atoms with Crippen LogP contribution in [0.3, 0.4) is 0 Å². The van der Waals surface area contributed by atoms with Crippen molar-refractivity contribution in [2.24, 2.45) is 0 Å². The number of nitrogens with zero attached hydrogens (tertiary/aromatic N) is 2. The molecular formula is C15H13ClN2. The van der Waals surface area contributed by atoms with Crippen LogP contribution in [-0.4, -0.2) is 9.38 Å². The maximum Gasteiger partial charge on any atom is 0.137 e. The fraction of sp³-hybridized carbons (Fsp3) is 0.133. The van der Waals surface area contributed by atoms with Gasteiger partial charge in [0.05, 0.1) is 10.7 Å². The Morgan fingerprint density at radius 3 is 2.44 bits per heavy atom. The molecule has 2 nitrogen and oxygen atoms in total. The predicted octanol–water partition coefficient (Wildman–Crippen LogP) is 4.27. The minimum Gasteiger partial charge on any atom is -0.305 e. The number of imidazole rings is 1. The van der Waals surface area contributed by atoms with Crippen molar-refractivity contribution >= 4 is 17.2 Å². The molecule has 2 heterocycles. The van der Waals surface area contributed by atoms with Crippen molar-refractivity contribution in [1.82, 2.24) is 9.38 Å². The van der Waals surface area contributed by atoms with Crippen molar-refractivity contribution in [2.75, 3.05) is 0 Å². The van der Waals surface area contributed by atoms with Crippen LogP contribution in [-0.2, 0) is 0 Å². The Kier molecular flexibility index (Phi) is 2.60. The van der Waals surface area contributed by atoms with E-state index in [1.807, 2.05) is 28.9 Å². The van der Waals surface area contributed by atoms with E-state index in [1.165, 1.54) is 11.1 Å². The molecule has 0 aliphatic heterocycles. The van der Waals surface area contributed by atoms with Gasteiger partial charge in [-0.25, -0.2) is 4.98 Å². The average Bonchev–Trinajstić information content (AvgIpc) is 2.70. The van der Waals surface area contributed by atoms with E-state index in [4.69, 9.17) is 11.6 Å². The van der Waals surface area contributed by atoms with Crippen LogP contribution < -0.4 is 0 Å². The molecule has 18 heavy (non-hydrogen) atoms. The van der Waals surface area contributed by atoms with Gasteiger partial charge < -0.3 is 4.40 Å². The summed E-state index contributed by atoms with van der Waals surface area (Å²) in [6, 6.07) is 10.2. The summed E-state index contributed by atoms with van der Waals surface area (Å²) in [6.45, 7) is 4.20. The molecular weight excluding hydrogens is 244 g/mol. The summed E-state index contributed by atoms with van der Waals surface area (Å²) >= 11 is 5.98. The van der Waals surface area contributed by atoms with E-state index < -0.39 is 0 Å². The molecule has 2 aromatic heterocycles. The molecule has 0 N–H and O–H groups in total. The van der Waals surface area contributed by atoms with Crippen LogP contribution in [0.15, 0.2) is 42.7 Å². The summed E-state index contributed by atoms with van der Waals surface area (Å²) in [5.41, 5.74) is 5.53. The van der Waals surface area contributed by atoms with E-state index in [1.54, 1.807) is 0 Å². The minimum absolute atomic E-state index is 0.715. The van der Waals surface area contributed by atoms with Gasteiger partial charge in [-0.15, -0.1) is 0 Å². The smallest absolute Gasteiger partial charge is 0.137 e. The molecule has 3 aromatic rings. The number of halogens is 1. The van der Waals surface area contributed by atoms with E-state index in [9.17, 15) is 0 Å². The lowest BCUT2D eigenvalue weighted by Gasteiger charge is -2.01. The quantitative estimate of drug-likeness (QED) is 0.636. The van der Waals surface area contributed by atoms with Crippen molar-refractivity contribution in [3.8, 4) is 11.3 Å². The second kappa shape index (κ2) is 4.14. The first-order valence-corrected chi connectivity index (χ1v) is 6.22. The Hall–Kier alpha value is -1.80. The molecule has 1 aromatic carbocycles. The normalized spacial score (nSPS) is 11.1. The summed E-state index contributed by atoms with van der Waals surface area (Å²) in [4.78, 5) is 4.61. The van der Waals surface area contributed by atoms with Gasteiger partial charge >= 0.3 is 0 Å². The zero-order valence-corrected chi connectivity index (χ0v) is 11.1. The van der Waals surface area contributed by atoms with Crippen molar-refractivity contribution in [3.63, 3.8) is 0 Å². The standard InChI is InChI=1S/C15H13ClN2/c1-10-5-11(2)7-12(6-10)14-9-18-8-13(16)3-4-15(18)17-14/h3-9H,1-2H3. The highest BCUT2D eigenvalue weighted by atomic mass is 35.5. The van der Waals surface area contributed by atoms with Gasteiger partial charge in [-0.05, 0) is 38.1 Å². The van der Waals surface area contributed by atoms with Gasteiger partial charge in [-0.3, -0.25) is 0 Å². The molecule has 0 aliphatic rings. The summed E-state index contributed by atoms with van der Waals surface area (Å²) in [5, 5.41) is 0.715. The highest BCUT2D eigenvalue weighted by molar-refractivity contribution is 6.30. The number of aromatic nitrogens is 2. The van der Waals surface area contributed by atoms with Crippen LogP contribution in [0.5, 0.6) is 0 Å². The number of aryl methyl sites for hydroxylation is 2. The molecule has 3 rings (SSSR count). The average molecular weight is 257 g/mol. The van der Waals surface area contributed by atoms with Crippen LogP contribution in [0.25, 0.3) is 16.9 Å². The molecule has 0 aliphatic carbocycles. The highest BCUT2D eigenvalue weighted by Gasteiger charge is 2.05. The fourth-order valence-corrected chi connectivity index (χ4v) is 2.39. The Balaban J connectivity index is 2.19. The molecule has 0 fully saturated rings. The lowest BCUT2D eigenvalue weighted by molar-refractivity contribution is 1.19. The number of benzene rings is 1. The maximum atomic E-state index is 5.98. The van der Waals surface area contributed by atoms with Crippen LogP contribution in [0.2, 0.25) is 5.02 Å². The molecule has 3 heteroatoms. The third-order valence-corrected chi connectivity index (χ3v) is 3.16. The molecule has 0 spiro atoms. The number of hydrogen-bond donors (Lipinski definition) is 0. The molecule has 0 atom stereocenters. The molecule has 0 amide bonds. The predicted molar refractivity (Wildman–Crippen MR) is 75.1 cm³/mol. The van der Waals surface area contributed by atoms with E-state index >= 15 is 0 Å². The topological polar surface area (TPSA) is 17.3 Å². The van der Waals surface area contributed by atoms with Gasteiger partial charge in [-0.1, -0.05) is 28.8 Å². The van der Waals surface area contributed by atoms with Crippen molar-refractivity contribution < 1.29 is 0 Å². The number of fused-ring (bicyclic) bond motifs is 1. The Morgan fingerprint density at radius 1 is 1.00 bits per heavy atom. The van der Waals surface area contributed by atoms with Gasteiger partial charge in [-0.2, -0.15) is 0 Å². The minimum atomic E-state index is 0.715. The van der Waals surface area contributed by atoms with Gasteiger partial charge in [0, 0.05) is 18.0 Å². The lowest BCUT2D eigenvalue weighted by Crippen LogP contribution is -1.82. The second-order valence-electron chi connectivity index (χ2n) is 4.62. The van der Waals surface area contributed by atoms with Crippen LogP contribution in [0.1, 0.15) is 11.1 Å². The zero-order valence-electron chi connectivity index (χ0n) is 10.3. The Labute approximate surface area is 111 Å². The first kappa shape index (κ1) is 11.3. The second-order valence-corrected chi connectivity index (χ2v) is 5.05. The van der Waals surface area contributed by atoms with Gasteiger partial charge in [0.25, 0.3) is 0 Å². The summed E-state index contributed by atoms with van der Waals surface area (Å²) in [5.74, 6) is 0. The first-order chi connectivity index (χ1) is 8.61. The van der Waals surface area contributed by atoms with Crippen LogP contribution in [0.4, 0.5) is 0 Å². The van der Waals surface area contributed by atoms with Crippen molar-refractivity contribution in [3.05, 3.63) is 58.9 Å². The van der Waals surface area contributed by atoms with Crippen LogP contribution >= 0.6 is 11.6 Å². The maximum absolute atomic E-state index is 5.98. The largest absolute Gasteiger partial charge is 0.305 e. The van der Waals surface area contributed by atoms with Gasteiger partial charge in [0.2, 0.25) is 0 Å². The van der Waals surface area contributed by atoms with Crippen molar-refractivity contribution in [1.29, 1.82) is 0 Å². The molecule has 0 radical (unpaired) electrons. The summed E-state index contributed by atoms with van der Waals surface area (Å²) in [6.07, 6.45) is 3.88. The van der Waals surface area contributed by atoms with E-state index in [0.29, 0.717) is 5.02 Å². The fourth-order valence-electron chi connectivity index (χ4n) is 2.23. The van der Waals surface area contributed by atoms with Gasteiger partial charge in [0.1, 0.15) is 5.65 Å². The molecule has 0 saturated heterocycles. The lowest BCUT2D eigenvalue weighted by atomic mass is 10.1. The summed E-state index contributed by atoms with van der Waals surface area (Å²) in [7, 11) is 0. The van der Waals surface area contributed by atoms with E-state index in [-0.39, 0.29) is 0 Å². The third-order valence-electron chi connectivity index (χ3n) is 2.93. The number of hydrogen-bond acceptors (Lipinski definition) is 1. The molecule has 0 saturated carbocycles. The third kappa shape index (κ3) is 2.00. The molecule has 90 valence electrons. The molecule has 0 bridgehead atoms. The SMILES string of the molecule is Cc1cc(C)cc(-c2cn3cc(Cl)ccc3n2)c1. The highest BCUT2D eigenvalue weighted by Crippen LogP contribution is 2.22. The number of rotatable bonds is 1. The van der Waals surface area contributed by atoms with Gasteiger partial charge in [0.15, 0.2) is 0 Å². The first-order valence-electron chi connectivity index (χ1n) is 5.85. The molecule has 0 unspecified atom stereocenters. The zero-order chi connectivity index (χ0) is 12.7. The van der Waals surface area contributed by atoms with E-state index in [0.717, 1.165) is 16.9 Å².